The number of nitrogens with one attached hydrogen (secondary N) is 2. The molecule has 0 atom stereocenters. The van der Waals surface area contributed by atoms with Crippen LogP contribution in [0.25, 0.3) is 5.52 Å². The van der Waals surface area contributed by atoms with Gasteiger partial charge in [-0.3, -0.25) is 14.0 Å². The predicted molar refractivity (Wildman–Crippen MR) is 107 cm³/mol. The van der Waals surface area contributed by atoms with Crippen molar-refractivity contribution in [1.29, 1.82) is 0 Å². The van der Waals surface area contributed by atoms with Crippen molar-refractivity contribution in [1.82, 2.24) is 19.4 Å². The molecule has 0 fully saturated rings. The van der Waals surface area contributed by atoms with Gasteiger partial charge in [0.15, 0.2) is 5.69 Å². The number of imidazole rings is 1. The first kappa shape index (κ1) is 21.5. The highest BCUT2D eigenvalue weighted by molar-refractivity contribution is 7.90. The average Bonchev–Trinajstić information content (AvgIpc) is 3.06. The maximum Gasteiger partial charge on any atom is 0.285 e. The van der Waals surface area contributed by atoms with Crippen LogP contribution in [-0.4, -0.2) is 44.3 Å². The van der Waals surface area contributed by atoms with E-state index in [1.165, 1.54) is 47.9 Å². The van der Waals surface area contributed by atoms with Gasteiger partial charge in [-0.1, -0.05) is 18.2 Å². The molecule has 0 aliphatic rings. The number of carbonyl (C=O) groups excluding carboxylic acids is 2. The molecule has 12 heteroatoms. The third kappa shape index (κ3) is 4.49. The fraction of sp³-hybridized carbons (Fsp3) is 0.167. The number of fused-ring (bicyclic) bond motifs is 1. The standard InChI is InChI=1S/C18H18N4O6S2/c1-12(23)19-11-13-6-8-14(9-7-13)30(27,28)21-17(24)16-15-5-3-4-10-22(15)18(20-16)29(2,25)26/h3-10H,11H2,1-2H3,(H,19,23)(H,21,24). The molecule has 0 aliphatic carbocycles. The third-order valence-corrected chi connectivity index (χ3v) is 6.36. The monoisotopic (exact) mass is 450 g/mol. The highest BCUT2D eigenvalue weighted by Gasteiger charge is 2.26. The van der Waals surface area contributed by atoms with Gasteiger partial charge in [0, 0.05) is 25.9 Å². The molecule has 0 spiro atoms. The van der Waals surface area contributed by atoms with E-state index < -0.39 is 25.8 Å². The fourth-order valence-electron chi connectivity index (χ4n) is 2.68. The summed E-state index contributed by atoms with van der Waals surface area (Å²) in [6, 6.07) is 10.2. The Balaban J connectivity index is 1.89. The minimum Gasteiger partial charge on any atom is -0.352 e. The molecule has 0 radical (unpaired) electrons. The number of amides is 2. The predicted octanol–water partition coefficient (Wildman–Crippen LogP) is 0.493. The fourth-order valence-corrected chi connectivity index (χ4v) is 4.41. The molecule has 3 rings (SSSR count). The van der Waals surface area contributed by atoms with Crippen molar-refractivity contribution in [3.63, 3.8) is 0 Å². The molecular formula is C18H18N4O6S2. The Kier molecular flexibility index (Phi) is 5.63. The summed E-state index contributed by atoms with van der Waals surface area (Å²) in [5, 5.41) is 2.22. The number of sulfone groups is 1. The van der Waals surface area contributed by atoms with Crippen molar-refractivity contribution in [3.8, 4) is 0 Å². The third-order valence-electron chi connectivity index (χ3n) is 4.06. The van der Waals surface area contributed by atoms with Gasteiger partial charge in [0.25, 0.3) is 15.9 Å². The van der Waals surface area contributed by atoms with Crippen LogP contribution in [0.15, 0.2) is 58.7 Å². The highest BCUT2D eigenvalue weighted by Crippen LogP contribution is 2.18. The average molecular weight is 450 g/mol. The van der Waals surface area contributed by atoms with Crippen LogP contribution < -0.4 is 10.0 Å². The zero-order valence-electron chi connectivity index (χ0n) is 16.0. The number of hydrogen-bond donors (Lipinski definition) is 2. The van der Waals surface area contributed by atoms with Crippen LogP contribution in [0.3, 0.4) is 0 Å². The number of rotatable bonds is 6. The lowest BCUT2D eigenvalue weighted by Gasteiger charge is -2.07. The van der Waals surface area contributed by atoms with Crippen LogP contribution >= 0.6 is 0 Å². The number of hydrogen-bond acceptors (Lipinski definition) is 7. The van der Waals surface area contributed by atoms with Gasteiger partial charge in [-0.2, -0.15) is 0 Å². The normalized spacial score (nSPS) is 11.9. The van der Waals surface area contributed by atoms with Gasteiger partial charge in [-0.15, -0.1) is 0 Å². The molecule has 1 aromatic carbocycles. The van der Waals surface area contributed by atoms with E-state index in [-0.39, 0.29) is 33.7 Å². The summed E-state index contributed by atoms with van der Waals surface area (Å²) in [7, 11) is -8.00. The molecule has 2 heterocycles. The molecule has 2 amide bonds. The van der Waals surface area contributed by atoms with E-state index in [9.17, 15) is 26.4 Å². The second kappa shape index (κ2) is 7.88. The van der Waals surface area contributed by atoms with Gasteiger partial charge in [0.2, 0.25) is 20.9 Å². The number of sulfonamides is 1. The van der Waals surface area contributed by atoms with E-state index in [4.69, 9.17) is 0 Å². The van der Waals surface area contributed by atoms with E-state index >= 15 is 0 Å². The summed E-state index contributed by atoms with van der Waals surface area (Å²) in [5.74, 6) is -1.28. The van der Waals surface area contributed by atoms with E-state index in [2.05, 4.69) is 10.3 Å². The van der Waals surface area contributed by atoms with Gasteiger partial charge in [0.1, 0.15) is 0 Å². The van der Waals surface area contributed by atoms with Gasteiger partial charge in [0.05, 0.1) is 10.4 Å². The van der Waals surface area contributed by atoms with Gasteiger partial charge in [-0.25, -0.2) is 26.5 Å². The van der Waals surface area contributed by atoms with Crippen LogP contribution in [0, 0.1) is 0 Å². The molecule has 0 aliphatic heterocycles. The van der Waals surface area contributed by atoms with Crippen molar-refractivity contribution in [2.75, 3.05) is 6.26 Å². The van der Waals surface area contributed by atoms with Gasteiger partial charge in [-0.05, 0) is 29.8 Å². The van der Waals surface area contributed by atoms with Crippen LogP contribution in [0.1, 0.15) is 23.0 Å². The molecule has 2 N–H and O–H groups in total. The molecule has 3 aromatic rings. The van der Waals surface area contributed by atoms with Gasteiger partial charge >= 0.3 is 0 Å². The Morgan fingerprint density at radius 2 is 1.70 bits per heavy atom. The molecule has 0 unspecified atom stereocenters. The molecule has 158 valence electrons. The zero-order valence-corrected chi connectivity index (χ0v) is 17.6. The molecule has 10 nitrogen and oxygen atoms in total. The Morgan fingerprint density at radius 3 is 2.30 bits per heavy atom. The van der Waals surface area contributed by atoms with Crippen LogP contribution in [0.2, 0.25) is 0 Å². The first-order valence-electron chi connectivity index (χ1n) is 8.57. The smallest absolute Gasteiger partial charge is 0.285 e. The summed E-state index contributed by atoms with van der Waals surface area (Å²) in [6.45, 7) is 1.60. The van der Waals surface area contributed by atoms with E-state index in [1.807, 2.05) is 4.72 Å². The van der Waals surface area contributed by atoms with Crippen molar-refractivity contribution >= 4 is 37.2 Å². The molecule has 0 saturated carbocycles. The van der Waals surface area contributed by atoms with Crippen molar-refractivity contribution in [3.05, 3.63) is 59.9 Å². The molecule has 2 aromatic heterocycles. The molecular weight excluding hydrogens is 432 g/mol. The largest absolute Gasteiger partial charge is 0.352 e. The van der Waals surface area contributed by atoms with E-state index in [1.54, 1.807) is 12.1 Å². The first-order chi connectivity index (χ1) is 14.0. The van der Waals surface area contributed by atoms with Crippen molar-refractivity contribution < 1.29 is 26.4 Å². The maximum atomic E-state index is 12.6. The van der Waals surface area contributed by atoms with Crippen molar-refractivity contribution in [2.45, 2.75) is 23.5 Å². The second-order valence-electron chi connectivity index (χ2n) is 6.46. The van der Waals surface area contributed by atoms with Crippen molar-refractivity contribution in [2.24, 2.45) is 0 Å². The number of carbonyl (C=O) groups is 2. The van der Waals surface area contributed by atoms with Crippen LogP contribution in [-0.2, 0) is 31.2 Å². The quantitative estimate of drug-likeness (QED) is 0.556. The lowest BCUT2D eigenvalue weighted by molar-refractivity contribution is -0.119. The summed E-state index contributed by atoms with van der Waals surface area (Å²) < 4.78 is 52.2. The Bertz CT molecular complexity index is 1340. The first-order valence-corrected chi connectivity index (χ1v) is 11.9. The number of aromatic nitrogens is 2. The number of benzene rings is 1. The van der Waals surface area contributed by atoms with Crippen LogP contribution in [0.5, 0.6) is 0 Å². The summed E-state index contributed by atoms with van der Waals surface area (Å²) in [5.41, 5.74) is 0.492. The number of nitrogens with zero attached hydrogens (tertiary/aromatic N) is 2. The molecule has 0 saturated heterocycles. The Morgan fingerprint density at radius 1 is 1.03 bits per heavy atom. The lowest BCUT2D eigenvalue weighted by Crippen LogP contribution is -2.31. The zero-order chi connectivity index (χ0) is 22.1. The summed E-state index contributed by atoms with van der Waals surface area (Å²) >= 11 is 0. The molecule has 0 bridgehead atoms. The highest BCUT2D eigenvalue weighted by atomic mass is 32.2. The Labute approximate surface area is 172 Å². The van der Waals surface area contributed by atoms with Gasteiger partial charge < -0.3 is 5.32 Å². The lowest BCUT2D eigenvalue weighted by atomic mass is 10.2. The summed E-state index contributed by atoms with van der Waals surface area (Å²) in [6.07, 6.45) is 2.35. The topological polar surface area (TPSA) is 144 Å². The van der Waals surface area contributed by atoms with Crippen LogP contribution in [0.4, 0.5) is 0 Å². The van der Waals surface area contributed by atoms with E-state index in [0.29, 0.717) is 5.56 Å². The minimum absolute atomic E-state index is 0.149. The summed E-state index contributed by atoms with van der Waals surface area (Å²) in [4.78, 5) is 27.3. The molecule has 30 heavy (non-hydrogen) atoms. The Hall–Kier alpha value is -3.25. The van der Waals surface area contributed by atoms with E-state index in [0.717, 1.165) is 6.26 Å². The number of pyridine rings is 1. The second-order valence-corrected chi connectivity index (χ2v) is 10.1. The minimum atomic E-state index is -4.24. The SMILES string of the molecule is CC(=O)NCc1ccc(S(=O)(=O)NC(=O)c2nc(S(C)(=O)=O)n3ccccc23)cc1. The maximum absolute atomic E-state index is 12.6.